The van der Waals surface area contributed by atoms with Crippen LogP contribution in [-0.2, 0) is 24.4 Å². The second-order valence-corrected chi connectivity index (χ2v) is 10.8. The molecule has 2 aromatic carbocycles. The van der Waals surface area contributed by atoms with Crippen LogP contribution >= 0.6 is 0 Å². The lowest BCUT2D eigenvalue weighted by Crippen LogP contribution is -2.53. The number of hydrogen-bond acceptors (Lipinski definition) is 5. The van der Waals surface area contributed by atoms with E-state index in [4.69, 9.17) is 9.47 Å². The molecule has 0 saturated carbocycles. The van der Waals surface area contributed by atoms with E-state index in [0.29, 0.717) is 12.7 Å². The molecule has 0 unspecified atom stereocenters. The summed E-state index contributed by atoms with van der Waals surface area (Å²) in [5.74, 6) is -2.98. The second-order valence-electron chi connectivity index (χ2n) is 10.8. The Bertz CT molecular complexity index is 1480. The van der Waals surface area contributed by atoms with Crippen LogP contribution in [0.15, 0.2) is 59.5 Å². The second kappa shape index (κ2) is 10.3. The summed E-state index contributed by atoms with van der Waals surface area (Å²) < 4.78 is 40.7. The number of aromatic nitrogens is 1. The van der Waals surface area contributed by atoms with E-state index in [0.717, 1.165) is 11.6 Å². The van der Waals surface area contributed by atoms with E-state index in [1.54, 1.807) is 4.90 Å². The zero-order chi connectivity index (χ0) is 27.9. The number of carbonyl (C=O) groups is 2. The number of rotatable bonds is 6. The quantitative estimate of drug-likeness (QED) is 0.516. The van der Waals surface area contributed by atoms with Crippen molar-refractivity contribution in [2.45, 2.75) is 52.7 Å². The van der Waals surface area contributed by atoms with Crippen molar-refractivity contribution in [3.8, 4) is 5.75 Å². The summed E-state index contributed by atoms with van der Waals surface area (Å²) in [4.78, 5) is 42.2. The van der Waals surface area contributed by atoms with Crippen molar-refractivity contribution in [3.63, 3.8) is 0 Å². The van der Waals surface area contributed by atoms with Gasteiger partial charge in [0.2, 0.25) is 5.43 Å². The molecule has 2 amide bonds. The van der Waals surface area contributed by atoms with Crippen molar-refractivity contribution in [2.24, 2.45) is 5.41 Å². The Balaban J connectivity index is 1.51. The van der Waals surface area contributed by atoms with Gasteiger partial charge < -0.3 is 24.3 Å². The van der Waals surface area contributed by atoms with Crippen LogP contribution in [0.5, 0.6) is 5.75 Å². The Morgan fingerprint density at radius 3 is 2.56 bits per heavy atom. The molecule has 2 aliphatic rings. The monoisotopic (exact) mass is 537 g/mol. The molecule has 0 bridgehead atoms. The lowest BCUT2D eigenvalue weighted by atomic mass is 9.86. The van der Waals surface area contributed by atoms with Gasteiger partial charge in [-0.1, -0.05) is 57.2 Å². The maximum Gasteiger partial charge on any atom is 0.276 e. The van der Waals surface area contributed by atoms with E-state index in [9.17, 15) is 23.2 Å². The number of hydrogen-bond donors (Lipinski definition) is 1. The summed E-state index contributed by atoms with van der Waals surface area (Å²) in [7, 11) is 0. The third-order valence-corrected chi connectivity index (χ3v) is 7.05. The maximum absolute atomic E-state index is 14.1. The van der Waals surface area contributed by atoms with Crippen LogP contribution in [0.25, 0.3) is 0 Å². The van der Waals surface area contributed by atoms with Crippen molar-refractivity contribution in [3.05, 3.63) is 99.0 Å². The summed E-state index contributed by atoms with van der Waals surface area (Å²) in [6, 6.07) is 11.9. The van der Waals surface area contributed by atoms with Gasteiger partial charge in [0.25, 0.3) is 11.8 Å². The van der Waals surface area contributed by atoms with E-state index >= 15 is 0 Å². The number of ether oxygens (including phenoxy) is 2. The first-order chi connectivity index (χ1) is 18.5. The van der Waals surface area contributed by atoms with Crippen molar-refractivity contribution in [1.82, 2.24) is 14.8 Å². The topological polar surface area (TPSA) is 89.9 Å². The summed E-state index contributed by atoms with van der Waals surface area (Å²) in [5.41, 5.74) is -0.414. The maximum atomic E-state index is 14.1. The number of carbonyl (C=O) groups excluding carboxylic acids is 2. The number of amides is 2. The van der Waals surface area contributed by atoms with Gasteiger partial charge in [0.05, 0.1) is 19.2 Å². The minimum Gasteiger partial charge on any atom is -0.483 e. The third-order valence-electron chi connectivity index (χ3n) is 7.05. The number of nitrogens with zero attached hydrogens (tertiary/aromatic N) is 2. The van der Waals surface area contributed by atoms with Gasteiger partial charge in [-0.05, 0) is 17.0 Å². The van der Waals surface area contributed by atoms with Crippen molar-refractivity contribution >= 4 is 11.8 Å². The molecular weight excluding hydrogens is 508 g/mol. The molecule has 1 saturated heterocycles. The van der Waals surface area contributed by atoms with Gasteiger partial charge >= 0.3 is 0 Å². The molecule has 10 heteroatoms. The molecule has 0 aliphatic carbocycles. The van der Waals surface area contributed by atoms with E-state index < -0.39 is 35.1 Å². The zero-order valence-electron chi connectivity index (χ0n) is 21.9. The van der Waals surface area contributed by atoms with E-state index in [1.165, 1.54) is 16.8 Å². The molecule has 2 atom stereocenters. The summed E-state index contributed by atoms with van der Waals surface area (Å²) in [6.45, 7) is 6.33. The molecule has 0 spiro atoms. The fraction of sp³-hybridized carbons (Fsp3) is 0.345. The minimum absolute atomic E-state index is 0.00481. The van der Waals surface area contributed by atoms with E-state index in [2.05, 4.69) is 5.32 Å². The predicted molar refractivity (Wildman–Crippen MR) is 138 cm³/mol. The van der Waals surface area contributed by atoms with Gasteiger partial charge in [0.1, 0.15) is 23.8 Å². The first kappa shape index (κ1) is 26.6. The summed E-state index contributed by atoms with van der Waals surface area (Å²) >= 11 is 0. The van der Waals surface area contributed by atoms with Gasteiger partial charge in [-0.2, -0.15) is 0 Å². The van der Waals surface area contributed by atoms with Crippen LogP contribution in [0.3, 0.4) is 0 Å². The molecule has 2 aliphatic heterocycles. The Hall–Kier alpha value is -4.05. The zero-order valence-corrected chi connectivity index (χ0v) is 21.9. The van der Waals surface area contributed by atoms with Crippen molar-refractivity contribution in [2.75, 3.05) is 6.61 Å². The molecule has 1 aromatic heterocycles. The first-order valence-corrected chi connectivity index (χ1v) is 12.6. The Morgan fingerprint density at radius 2 is 1.87 bits per heavy atom. The molecule has 1 fully saturated rings. The Labute approximate surface area is 224 Å². The highest BCUT2D eigenvalue weighted by Crippen LogP contribution is 2.37. The van der Waals surface area contributed by atoms with Crippen LogP contribution < -0.4 is 15.5 Å². The molecule has 0 radical (unpaired) electrons. The molecular formula is C29H29F2N3O5. The van der Waals surface area contributed by atoms with Gasteiger partial charge in [-0.3, -0.25) is 14.4 Å². The Morgan fingerprint density at radius 1 is 1.13 bits per heavy atom. The molecule has 204 valence electrons. The van der Waals surface area contributed by atoms with E-state index in [-0.39, 0.29) is 53.7 Å². The van der Waals surface area contributed by atoms with Gasteiger partial charge in [0, 0.05) is 24.4 Å². The summed E-state index contributed by atoms with van der Waals surface area (Å²) in [6.07, 6.45) is 0.745. The average Bonchev–Trinajstić information content (AvgIpc) is 3.33. The fourth-order valence-electron chi connectivity index (χ4n) is 4.90. The minimum atomic E-state index is -0.818. The molecule has 1 N–H and O–H groups in total. The smallest absolute Gasteiger partial charge is 0.276 e. The number of benzene rings is 2. The lowest BCUT2D eigenvalue weighted by molar-refractivity contribution is 0.00127. The number of nitrogens with one attached hydrogen (secondary N) is 1. The molecule has 3 aromatic rings. The normalized spacial score (nSPS) is 18.5. The third kappa shape index (κ3) is 5.16. The summed E-state index contributed by atoms with van der Waals surface area (Å²) in [5, 5.41) is 2.51. The number of fused-ring (bicyclic) bond motifs is 2. The number of halogens is 2. The standard InChI is InChI=1S/C29H29F2N3O5/c1-29(2,3)22-16-38-23-14-33-13-20(27(36)32-12-18-9-10-19(30)11-21(18)31)25(35)26(24(33)28(37)34(22)23)39-15-17-7-5-4-6-8-17/h4-11,13,22-23H,12,14-16H2,1-3H3,(H,32,36)/t22-,23-/m1/s1. The molecule has 8 nitrogen and oxygen atoms in total. The fourth-order valence-corrected chi connectivity index (χ4v) is 4.90. The molecule has 3 heterocycles. The van der Waals surface area contributed by atoms with Gasteiger partial charge in [-0.25, -0.2) is 8.78 Å². The van der Waals surface area contributed by atoms with Crippen LogP contribution in [0.1, 0.15) is 52.7 Å². The Kier molecular flexibility index (Phi) is 6.98. The highest BCUT2D eigenvalue weighted by atomic mass is 19.1. The predicted octanol–water partition coefficient (Wildman–Crippen LogP) is 3.86. The van der Waals surface area contributed by atoms with Crippen LogP contribution in [-0.4, -0.2) is 40.2 Å². The highest BCUT2D eigenvalue weighted by Gasteiger charge is 2.48. The number of pyridine rings is 1. The van der Waals surface area contributed by atoms with Gasteiger partial charge in [-0.15, -0.1) is 0 Å². The van der Waals surface area contributed by atoms with E-state index in [1.807, 2.05) is 51.1 Å². The largest absolute Gasteiger partial charge is 0.483 e. The van der Waals surface area contributed by atoms with Crippen LogP contribution in [0.2, 0.25) is 0 Å². The SMILES string of the molecule is CC(C)(C)[C@H]1CO[C@@H]2Cn3cc(C(=O)NCc4ccc(F)cc4F)c(=O)c(OCc4ccccc4)c3C(=O)N21. The first-order valence-electron chi connectivity index (χ1n) is 12.6. The van der Waals surface area contributed by atoms with Gasteiger partial charge in [0.15, 0.2) is 17.7 Å². The molecule has 5 rings (SSSR count). The highest BCUT2D eigenvalue weighted by molar-refractivity contribution is 5.99. The van der Waals surface area contributed by atoms with Crippen molar-refractivity contribution in [1.29, 1.82) is 0 Å². The molecule has 39 heavy (non-hydrogen) atoms. The average molecular weight is 538 g/mol. The van der Waals surface area contributed by atoms with Crippen LogP contribution in [0.4, 0.5) is 8.78 Å². The lowest BCUT2D eigenvalue weighted by Gasteiger charge is -2.39. The van der Waals surface area contributed by atoms with Crippen molar-refractivity contribution < 1.29 is 27.8 Å². The van der Waals surface area contributed by atoms with Crippen LogP contribution in [0, 0.1) is 17.0 Å².